The van der Waals surface area contributed by atoms with E-state index >= 15 is 0 Å². The molecule has 11 atom stereocenters. The van der Waals surface area contributed by atoms with E-state index in [-0.39, 0.29) is 69.3 Å². The fourth-order valence-electron chi connectivity index (χ4n) is 11.9. The van der Waals surface area contributed by atoms with E-state index in [2.05, 4.69) is 41.5 Å². The van der Waals surface area contributed by atoms with Crippen LogP contribution in [0.4, 0.5) is 0 Å². The molecule has 0 aromatic carbocycles. The molecule has 5 unspecified atom stereocenters. The zero-order valence-corrected chi connectivity index (χ0v) is 28.0. The first-order valence-electron chi connectivity index (χ1n) is 16.7. The molecule has 8 heteroatoms. The standard InChI is InChI=1S/C35H56O8/c1-20(36)41-22-18-24-32(6)14-12-25(42-28(39)19-27(37)38)30(2,3)23(32)11-16-33(24,7)34(8)15-10-21(29(22)34)35(9)17-13-26(43-35)31(4,5)40/h21-26,29,40H,10-19H2,1-9H3,(H,37,38)/t21?,22-,23?,24?,25?,26+,29?,32+,33-,34-,35-/m1/s1. The second-order valence-corrected chi connectivity index (χ2v) is 17.1. The number of aliphatic carboxylic acids is 1. The molecule has 4 saturated carbocycles. The molecule has 1 heterocycles. The van der Waals surface area contributed by atoms with Gasteiger partial charge in [-0.3, -0.25) is 14.4 Å². The summed E-state index contributed by atoms with van der Waals surface area (Å²) < 4.78 is 18.9. The van der Waals surface area contributed by atoms with Crippen molar-refractivity contribution in [1.82, 2.24) is 0 Å². The summed E-state index contributed by atoms with van der Waals surface area (Å²) in [5.74, 6) is -1.05. The number of carbonyl (C=O) groups excluding carboxylic acids is 2. The number of rotatable bonds is 6. The third kappa shape index (κ3) is 5.05. The van der Waals surface area contributed by atoms with Gasteiger partial charge in [-0.15, -0.1) is 0 Å². The van der Waals surface area contributed by atoms with Crippen molar-refractivity contribution >= 4 is 17.9 Å². The number of aliphatic hydroxyl groups is 1. The molecule has 0 radical (unpaired) electrons. The van der Waals surface area contributed by atoms with Gasteiger partial charge in [-0.05, 0) is 113 Å². The van der Waals surface area contributed by atoms with E-state index < -0.39 is 24.0 Å². The van der Waals surface area contributed by atoms with Gasteiger partial charge in [0.25, 0.3) is 0 Å². The Hall–Kier alpha value is -1.67. The van der Waals surface area contributed by atoms with Gasteiger partial charge in [-0.2, -0.15) is 0 Å². The fraction of sp³-hybridized carbons (Fsp3) is 0.914. The molecule has 244 valence electrons. The summed E-state index contributed by atoms with van der Waals surface area (Å²) in [6.07, 6.45) is 6.90. The van der Waals surface area contributed by atoms with Crippen molar-refractivity contribution in [3.8, 4) is 0 Å². The van der Waals surface area contributed by atoms with E-state index in [1.54, 1.807) is 0 Å². The van der Waals surface area contributed by atoms with Crippen LogP contribution < -0.4 is 0 Å². The van der Waals surface area contributed by atoms with Crippen LogP contribution in [-0.2, 0) is 28.6 Å². The van der Waals surface area contributed by atoms with Crippen LogP contribution in [-0.4, -0.2) is 57.6 Å². The first kappa shape index (κ1) is 32.7. The predicted octanol–water partition coefficient (Wildman–Crippen LogP) is 6.31. The Morgan fingerprint density at radius 1 is 0.860 bits per heavy atom. The van der Waals surface area contributed by atoms with Crippen LogP contribution in [0.25, 0.3) is 0 Å². The molecule has 1 aliphatic heterocycles. The molecule has 0 aromatic rings. The van der Waals surface area contributed by atoms with Gasteiger partial charge in [0.05, 0.1) is 17.3 Å². The predicted molar refractivity (Wildman–Crippen MR) is 161 cm³/mol. The van der Waals surface area contributed by atoms with Crippen molar-refractivity contribution in [2.75, 3.05) is 0 Å². The molecule has 5 fully saturated rings. The number of carboxylic acid groups (broad SMARTS) is 1. The van der Waals surface area contributed by atoms with E-state index in [0.717, 1.165) is 51.4 Å². The summed E-state index contributed by atoms with van der Waals surface area (Å²) in [4.78, 5) is 36.2. The smallest absolute Gasteiger partial charge is 0.317 e. The van der Waals surface area contributed by atoms with Crippen molar-refractivity contribution in [2.45, 2.75) is 156 Å². The first-order valence-corrected chi connectivity index (χ1v) is 16.7. The number of fused-ring (bicyclic) bond motifs is 5. The SMILES string of the molecule is CC(=O)O[C@@H]1CC2[C@@]3(C)CCC(OC(=O)CC(=O)O)C(C)(C)C3CC[C@@]2(C)[C@]2(C)CCC([C@@]3(C)CC[C@@H](C(C)(C)O)O3)C12. The third-order valence-corrected chi connectivity index (χ3v) is 14.1. The maximum absolute atomic E-state index is 12.6. The Labute approximate surface area is 258 Å². The number of carbonyl (C=O) groups is 3. The molecular formula is C35H56O8. The second-order valence-electron chi connectivity index (χ2n) is 17.1. The topological polar surface area (TPSA) is 119 Å². The third-order valence-electron chi connectivity index (χ3n) is 14.1. The van der Waals surface area contributed by atoms with Crippen LogP contribution in [0.2, 0.25) is 0 Å². The van der Waals surface area contributed by atoms with Crippen LogP contribution in [0, 0.1) is 45.3 Å². The van der Waals surface area contributed by atoms with Gasteiger partial charge in [-0.25, -0.2) is 0 Å². The average Bonchev–Trinajstić information content (AvgIpc) is 3.44. The minimum Gasteiger partial charge on any atom is -0.481 e. The Morgan fingerprint density at radius 2 is 1.51 bits per heavy atom. The highest BCUT2D eigenvalue weighted by Crippen LogP contribution is 2.76. The largest absolute Gasteiger partial charge is 0.481 e. The number of esters is 2. The lowest BCUT2D eigenvalue weighted by atomic mass is 9.35. The van der Waals surface area contributed by atoms with E-state index in [1.165, 1.54) is 6.92 Å². The van der Waals surface area contributed by atoms with E-state index in [0.29, 0.717) is 12.3 Å². The molecule has 0 aromatic heterocycles. The molecule has 0 amide bonds. The van der Waals surface area contributed by atoms with E-state index in [4.69, 9.17) is 19.3 Å². The maximum Gasteiger partial charge on any atom is 0.317 e. The van der Waals surface area contributed by atoms with Crippen LogP contribution >= 0.6 is 0 Å². The van der Waals surface area contributed by atoms with Gasteiger partial charge in [0.15, 0.2) is 0 Å². The first-order chi connectivity index (χ1) is 19.7. The Bertz CT molecular complexity index is 1140. The summed E-state index contributed by atoms with van der Waals surface area (Å²) in [5, 5.41) is 19.9. The van der Waals surface area contributed by atoms with Crippen LogP contribution in [0.1, 0.15) is 127 Å². The van der Waals surface area contributed by atoms with Gasteiger partial charge >= 0.3 is 17.9 Å². The van der Waals surface area contributed by atoms with Crippen molar-refractivity contribution in [2.24, 2.45) is 45.3 Å². The highest BCUT2D eigenvalue weighted by atomic mass is 16.6. The molecular weight excluding hydrogens is 548 g/mol. The number of ether oxygens (including phenoxy) is 3. The number of hydrogen-bond donors (Lipinski definition) is 2. The molecule has 5 aliphatic rings. The zero-order chi connectivity index (χ0) is 32.0. The summed E-state index contributed by atoms with van der Waals surface area (Å²) >= 11 is 0. The Balaban J connectivity index is 1.48. The summed E-state index contributed by atoms with van der Waals surface area (Å²) in [6.45, 7) is 19.2. The summed E-state index contributed by atoms with van der Waals surface area (Å²) in [5.41, 5.74) is -1.66. The van der Waals surface area contributed by atoms with Gasteiger partial charge in [0.1, 0.15) is 18.6 Å². The number of hydrogen-bond acceptors (Lipinski definition) is 7. The zero-order valence-electron chi connectivity index (χ0n) is 28.0. The van der Waals surface area contributed by atoms with Gasteiger partial charge < -0.3 is 24.4 Å². The van der Waals surface area contributed by atoms with Crippen molar-refractivity contribution in [3.05, 3.63) is 0 Å². The molecule has 1 saturated heterocycles. The van der Waals surface area contributed by atoms with Crippen molar-refractivity contribution in [3.63, 3.8) is 0 Å². The molecule has 4 aliphatic carbocycles. The lowest BCUT2D eigenvalue weighted by Gasteiger charge is -2.70. The Morgan fingerprint density at radius 3 is 2.09 bits per heavy atom. The van der Waals surface area contributed by atoms with Gasteiger partial charge in [0.2, 0.25) is 0 Å². The van der Waals surface area contributed by atoms with Crippen molar-refractivity contribution < 1.29 is 38.8 Å². The molecule has 5 rings (SSSR count). The molecule has 0 bridgehead atoms. The van der Waals surface area contributed by atoms with Crippen LogP contribution in [0.15, 0.2) is 0 Å². The monoisotopic (exact) mass is 604 g/mol. The van der Waals surface area contributed by atoms with Gasteiger partial charge in [0, 0.05) is 18.3 Å². The van der Waals surface area contributed by atoms with E-state index in [9.17, 15) is 19.5 Å². The van der Waals surface area contributed by atoms with Crippen LogP contribution in [0.5, 0.6) is 0 Å². The Kier molecular flexibility index (Phi) is 7.94. The van der Waals surface area contributed by atoms with Crippen molar-refractivity contribution in [1.29, 1.82) is 0 Å². The number of carboxylic acids is 1. The minimum absolute atomic E-state index is 0.0296. The highest BCUT2D eigenvalue weighted by molar-refractivity contribution is 5.90. The molecule has 2 N–H and O–H groups in total. The normalized spacial score (nSPS) is 47.2. The lowest BCUT2D eigenvalue weighted by Crippen LogP contribution is -2.67. The summed E-state index contributed by atoms with van der Waals surface area (Å²) in [7, 11) is 0. The fourth-order valence-corrected chi connectivity index (χ4v) is 11.9. The lowest BCUT2D eigenvalue weighted by molar-refractivity contribution is -0.254. The van der Waals surface area contributed by atoms with Gasteiger partial charge in [-0.1, -0.05) is 34.6 Å². The molecule has 43 heavy (non-hydrogen) atoms. The molecule has 0 spiro atoms. The summed E-state index contributed by atoms with van der Waals surface area (Å²) in [6, 6.07) is 0. The highest BCUT2D eigenvalue weighted by Gasteiger charge is 2.72. The molecule has 8 nitrogen and oxygen atoms in total. The minimum atomic E-state index is -1.17. The quantitative estimate of drug-likeness (QED) is 0.268. The average molecular weight is 605 g/mol. The van der Waals surface area contributed by atoms with E-state index in [1.807, 2.05) is 13.8 Å². The maximum atomic E-state index is 12.6. The second kappa shape index (κ2) is 10.4. The van der Waals surface area contributed by atoms with Crippen LogP contribution in [0.3, 0.4) is 0 Å².